The van der Waals surface area contributed by atoms with Gasteiger partial charge in [-0.2, -0.15) is 5.26 Å². The minimum Gasteiger partial charge on any atom is -0.446 e. The van der Waals surface area contributed by atoms with Crippen LogP contribution in [-0.4, -0.2) is 0 Å². The van der Waals surface area contributed by atoms with Gasteiger partial charge in [0.2, 0.25) is 5.76 Å². The Morgan fingerprint density at radius 3 is 2.67 bits per heavy atom. The number of nitrogens with zero attached hydrogens (tertiary/aromatic N) is 1. The van der Waals surface area contributed by atoms with Crippen molar-refractivity contribution in [3.8, 4) is 17.4 Å². The fourth-order valence-electron chi connectivity index (χ4n) is 1.30. The van der Waals surface area contributed by atoms with E-state index in [0.29, 0.717) is 11.5 Å². The van der Waals surface area contributed by atoms with Crippen LogP contribution >= 0.6 is 15.9 Å². The molecular formula is C12H8BrNO. The zero-order chi connectivity index (χ0) is 10.8. The van der Waals surface area contributed by atoms with E-state index in [4.69, 9.17) is 9.68 Å². The average Bonchev–Trinajstić information content (AvgIpc) is 2.70. The van der Waals surface area contributed by atoms with Crippen LogP contribution in [0.15, 0.2) is 39.2 Å². The van der Waals surface area contributed by atoms with Crippen molar-refractivity contribution in [3.63, 3.8) is 0 Å². The van der Waals surface area contributed by atoms with Gasteiger partial charge in [0.15, 0.2) is 0 Å². The maximum atomic E-state index is 8.64. The molecule has 2 nitrogen and oxygen atoms in total. The van der Waals surface area contributed by atoms with E-state index in [-0.39, 0.29) is 0 Å². The summed E-state index contributed by atoms with van der Waals surface area (Å²) in [6.45, 7) is 2.02. The van der Waals surface area contributed by atoms with Crippen LogP contribution in [0.4, 0.5) is 0 Å². The Morgan fingerprint density at radius 1 is 1.27 bits per heavy atom. The molecule has 3 heteroatoms. The first-order valence-corrected chi connectivity index (χ1v) is 5.26. The number of nitriles is 1. The summed E-state index contributed by atoms with van der Waals surface area (Å²) in [7, 11) is 0. The fraction of sp³-hybridized carbons (Fsp3) is 0.0833. The van der Waals surface area contributed by atoms with Gasteiger partial charge in [-0.3, -0.25) is 0 Å². The number of hydrogen-bond donors (Lipinski definition) is 0. The molecule has 1 aromatic carbocycles. The molecule has 2 aromatic rings. The minimum atomic E-state index is 0.335. The van der Waals surface area contributed by atoms with E-state index in [9.17, 15) is 0 Å². The summed E-state index contributed by atoms with van der Waals surface area (Å²) in [6.07, 6.45) is 0. The van der Waals surface area contributed by atoms with E-state index in [1.165, 1.54) is 5.56 Å². The number of halogens is 1. The smallest absolute Gasteiger partial charge is 0.204 e. The van der Waals surface area contributed by atoms with Gasteiger partial charge in [0.25, 0.3) is 0 Å². The van der Waals surface area contributed by atoms with Gasteiger partial charge in [0, 0.05) is 10.0 Å². The first-order valence-electron chi connectivity index (χ1n) is 4.47. The maximum Gasteiger partial charge on any atom is 0.204 e. The summed E-state index contributed by atoms with van der Waals surface area (Å²) in [6, 6.07) is 11.4. The number of rotatable bonds is 1. The van der Waals surface area contributed by atoms with Gasteiger partial charge in [-0.1, -0.05) is 28.1 Å². The van der Waals surface area contributed by atoms with Gasteiger partial charge in [-0.25, -0.2) is 0 Å². The van der Waals surface area contributed by atoms with Crippen LogP contribution in [0.3, 0.4) is 0 Å². The maximum absolute atomic E-state index is 8.64. The average molecular weight is 262 g/mol. The van der Waals surface area contributed by atoms with Crippen molar-refractivity contribution in [3.05, 3.63) is 46.1 Å². The van der Waals surface area contributed by atoms with Crippen molar-refractivity contribution in [2.75, 3.05) is 0 Å². The Bertz CT molecular complexity index is 537. The number of furan rings is 1. The molecule has 15 heavy (non-hydrogen) atoms. The van der Waals surface area contributed by atoms with E-state index >= 15 is 0 Å². The summed E-state index contributed by atoms with van der Waals surface area (Å²) in [4.78, 5) is 0. The molecule has 1 heterocycles. The van der Waals surface area contributed by atoms with Gasteiger partial charge in [-0.05, 0) is 30.7 Å². The Kier molecular flexibility index (Phi) is 2.61. The third-order valence-corrected chi connectivity index (χ3v) is 3.03. The monoisotopic (exact) mass is 261 g/mol. The van der Waals surface area contributed by atoms with E-state index in [1.807, 2.05) is 31.2 Å². The van der Waals surface area contributed by atoms with Gasteiger partial charge < -0.3 is 4.42 Å². The summed E-state index contributed by atoms with van der Waals surface area (Å²) < 4.78 is 6.37. The second kappa shape index (κ2) is 3.92. The third kappa shape index (κ3) is 1.95. The molecule has 0 saturated carbocycles. The summed E-state index contributed by atoms with van der Waals surface area (Å²) in [5.41, 5.74) is 2.14. The number of hydrogen-bond acceptors (Lipinski definition) is 2. The first kappa shape index (κ1) is 10.0. The second-order valence-corrected chi connectivity index (χ2v) is 4.09. The Hall–Kier alpha value is -1.53. The number of aryl methyl sites for hydroxylation is 1. The molecule has 0 aliphatic carbocycles. The van der Waals surface area contributed by atoms with Crippen LogP contribution in [0, 0.1) is 18.3 Å². The highest BCUT2D eigenvalue weighted by Crippen LogP contribution is 2.26. The molecule has 74 valence electrons. The van der Waals surface area contributed by atoms with E-state index in [0.717, 1.165) is 10.0 Å². The van der Waals surface area contributed by atoms with Crippen molar-refractivity contribution in [2.45, 2.75) is 6.92 Å². The predicted molar refractivity (Wildman–Crippen MR) is 61.3 cm³/mol. The Labute approximate surface area is 96.3 Å². The standard InChI is InChI=1S/C12H8BrNO/c1-8-2-3-9(6-11(8)13)12-5-4-10(7-14)15-12/h2-6H,1H3. The quantitative estimate of drug-likeness (QED) is 0.781. The van der Waals surface area contributed by atoms with Crippen LogP contribution < -0.4 is 0 Å². The Balaban J connectivity index is 2.46. The lowest BCUT2D eigenvalue weighted by molar-refractivity contribution is 0.567. The van der Waals surface area contributed by atoms with Crippen LogP contribution in [-0.2, 0) is 0 Å². The molecule has 2 rings (SSSR count). The zero-order valence-electron chi connectivity index (χ0n) is 8.12. The van der Waals surface area contributed by atoms with Gasteiger partial charge in [0.1, 0.15) is 11.8 Å². The van der Waals surface area contributed by atoms with E-state index in [1.54, 1.807) is 12.1 Å². The zero-order valence-corrected chi connectivity index (χ0v) is 9.71. The van der Waals surface area contributed by atoms with Crippen LogP contribution in [0.25, 0.3) is 11.3 Å². The summed E-state index contributed by atoms with van der Waals surface area (Å²) >= 11 is 3.46. The van der Waals surface area contributed by atoms with Crippen molar-refractivity contribution in [1.29, 1.82) is 5.26 Å². The molecule has 0 saturated heterocycles. The molecule has 0 spiro atoms. The lowest BCUT2D eigenvalue weighted by Crippen LogP contribution is -1.78. The van der Waals surface area contributed by atoms with Crippen LogP contribution in [0.2, 0.25) is 0 Å². The lowest BCUT2D eigenvalue weighted by Gasteiger charge is -2.00. The molecular weight excluding hydrogens is 254 g/mol. The van der Waals surface area contributed by atoms with Gasteiger partial charge >= 0.3 is 0 Å². The van der Waals surface area contributed by atoms with Crippen molar-refractivity contribution >= 4 is 15.9 Å². The second-order valence-electron chi connectivity index (χ2n) is 3.24. The molecule has 0 fully saturated rings. The summed E-state index contributed by atoms with van der Waals surface area (Å²) in [5.74, 6) is 1.05. The number of benzene rings is 1. The van der Waals surface area contributed by atoms with Gasteiger partial charge in [-0.15, -0.1) is 0 Å². The fourth-order valence-corrected chi connectivity index (χ4v) is 1.68. The third-order valence-electron chi connectivity index (χ3n) is 2.17. The highest BCUT2D eigenvalue weighted by atomic mass is 79.9. The molecule has 0 radical (unpaired) electrons. The van der Waals surface area contributed by atoms with Crippen LogP contribution in [0.1, 0.15) is 11.3 Å². The topological polar surface area (TPSA) is 36.9 Å². The van der Waals surface area contributed by atoms with Gasteiger partial charge in [0.05, 0.1) is 0 Å². The molecule has 0 unspecified atom stereocenters. The van der Waals surface area contributed by atoms with E-state index < -0.39 is 0 Å². The molecule has 0 aliphatic heterocycles. The molecule has 1 aromatic heterocycles. The predicted octanol–water partition coefficient (Wildman–Crippen LogP) is 3.89. The molecule has 0 N–H and O–H groups in total. The highest BCUT2D eigenvalue weighted by Gasteiger charge is 2.05. The van der Waals surface area contributed by atoms with Crippen molar-refractivity contribution < 1.29 is 4.42 Å². The highest BCUT2D eigenvalue weighted by molar-refractivity contribution is 9.10. The molecule has 0 aliphatic rings. The first-order chi connectivity index (χ1) is 7.20. The molecule has 0 atom stereocenters. The van der Waals surface area contributed by atoms with E-state index in [2.05, 4.69) is 15.9 Å². The SMILES string of the molecule is Cc1ccc(-c2ccc(C#N)o2)cc1Br. The lowest BCUT2D eigenvalue weighted by atomic mass is 10.1. The molecule has 0 amide bonds. The van der Waals surface area contributed by atoms with Crippen molar-refractivity contribution in [2.24, 2.45) is 0 Å². The molecule has 0 bridgehead atoms. The minimum absolute atomic E-state index is 0.335. The Morgan fingerprint density at radius 2 is 2.07 bits per heavy atom. The van der Waals surface area contributed by atoms with Crippen molar-refractivity contribution in [1.82, 2.24) is 0 Å². The van der Waals surface area contributed by atoms with Crippen LogP contribution in [0.5, 0.6) is 0 Å². The largest absolute Gasteiger partial charge is 0.446 e. The normalized spacial score (nSPS) is 9.93. The summed E-state index contributed by atoms with van der Waals surface area (Å²) in [5, 5.41) is 8.64.